The first-order chi connectivity index (χ1) is 7.77. The van der Waals surface area contributed by atoms with Crippen LogP contribution >= 0.6 is 0 Å². The molecule has 4 heteroatoms. The Balaban J connectivity index is 1.87. The average molecular weight is 223 g/mol. The van der Waals surface area contributed by atoms with E-state index in [1.54, 1.807) is 24.1 Å². The van der Waals surface area contributed by atoms with Gasteiger partial charge in [-0.2, -0.15) is 0 Å². The van der Waals surface area contributed by atoms with E-state index in [4.69, 9.17) is 9.15 Å². The number of amides is 1. The number of rotatable bonds is 3. The number of carbonyl (C=O) groups excluding carboxylic acids is 1. The molecule has 1 unspecified atom stereocenters. The zero-order valence-electron chi connectivity index (χ0n) is 9.52. The predicted molar refractivity (Wildman–Crippen MR) is 59.3 cm³/mol. The third kappa shape index (κ3) is 2.64. The molecule has 4 nitrogen and oxygen atoms in total. The van der Waals surface area contributed by atoms with E-state index in [2.05, 4.69) is 0 Å². The largest absolute Gasteiger partial charge is 0.459 e. The van der Waals surface area contributed by atoms with E-state index in [1.807, 2.05) is 0 Å². The molecule has 2 rings (SSSR count). The second-order valence-corrected chi connectivity index (χ2v) is 4.15. The van der Waals surface area contributed by atoms with Crippen LogP contribution in [0.25, 0.3) is 0 Å². The summed E-state index contributed by atoms with van der Waals surface area (Å²) in [6, 6.07) is 3.40. The van der Waals surface area contributed by atoms with Gasteiger partial charge in [0.25, 0.3) is 5.91 Å². The van der Waals surface area contributed by atoms with Crippen LogP contribution < -0.4 is 0 Å². The lowest BCUT2D eigenvalue weighted by Crippen LogP contribution is -2.36. The molecule has 1 aliphatic heterocycles. The minimum Gasteiger partial charge on any atom is -0.459 e. The third-order valence-electron chi connectivity index (χ3n) is 2.83. The third-order valence-corrected chi connectivity index (χ3v) is 2.83. The fourth-order valence-corrected chi connectivity index (χ4v) is 1.93. The summed E-state index contributed by atoms with van der Waals surface area (Å²) < 4.78 is 10.7. The Kier molecular flexibility index (Phi) is 3.62. The van der Waals surface area contributed by atoms with Crippen molar-refractivity contribution in [3.05, 3.63) is 24.2 Å². The summed E-state index contributed by atoms with van der Waals surface area (Å²) in [6.45, 7) is 1.45. The van der Waals surface area contributed by atoms with E-state index >= 15 is 0 Å². The second kappa shape index (κ2) is 5.16. The molecule has 1 atom stereocenters. The topological polar surface area (TPSA) is 42.7 Å². The lowest BCUT2D eigenvalue weighted by atomic mass is 10.1. The fraction of sp³-hybridized carbons (Fsp3) is 0.583. The standard InChI is InChI=1S/C12H17NO3/c1-13(9-10-5-2-3-7-15-10)12(14)11-6-4-8-16-11/h4,6,8,10H,2-3,5,7,9H2,1H3. The highest BCUT2D eigenvalue weighted by molar-refractivity contribution is 5.91. The molecule has 88 valence electrons. The van der Waals surface area contributed by atoms with Gasteiger partial charge in [0.2, 0.25) is 0 Å². The molecular formula is C12H17NO3. The summed E-state index contributed by atoms with van der Waals surface area (Å²) >= 11 is 0. The lowest BCUT2D eigenvalue weighted by molar-refractivity contribution is -0.000709. The van der Waals surface area contributed by atoms with Crippen LogP contribution in [0.4, 0.5) is 0 Å². The van der Waals surface area contributed by atoms with Crippen LogP contribution in [0, 0.1) is 0 Å². The smallest absolute Gasteiger partial charge is 0.289 e. The molecule has 1 aromatic heterocycles. The molecular weight excluding hydrogens is 206 g/mol. The highest BCUT2D eigenvalue weighted by Crippen LogP contribution is 2.14. The van der Waals surface area contributed by atoms with Crippen molar-refractivity contribution in [2.24, 2.45) is 0 Å². The fourth-order valence-electron chi connectivity index (χ4n) is 1.93. The van der Waals surface area contributed by atoms with Gasteiger partial charge in [-0.1, -0.05) is 0 Å². The van der Waals surface area contributed by atoms with E-state index in [0.717, 1.165) is 19.4 Å². The molecule has 0 saturated carbocycles. The highest BCUT2D eigenvalue weighted by Gasteiger charge is 2.20. The number of hydrogen-bond acceptors (Lipinski definition) is 3. The maximum absolute atomic E-state index is 11.9. The van der Waals surface area contributed by atoms with Gasteiger partial charge in [-0.25, -0.2) is 0 Å². The Hall–Kier alpha value is -1.29. The second-order valence-electron chi connectivity index (χ2n) is 4.15. The van der Waals surface area contributed by atoms with Crippen molar-refractivity contribution < 1.29 is 13.9 Å². The van der Waals surface area contributed by atoms with Crippen LogP contribution in [0.1, 0.15) is 29.8 Å². The summed E-state index contributed by atoms with van der Waals surface area (Å²) in [5.74, 6) is 0.303. The van der Waals surface area contributed by atoms with Crippen molar-refractivity contribution in [2.45, 2.75) is 25.4 Å². The van der Waals surface area contributed by atoms with Crippen LogP contribution in [0.15, 0.2) is 22.8 Å². The molecule has 0 spiro atoms. The number of furan rings is 1. The van der Waals surface area contributed by atoms with E-state index in [-0.39, 0.29) is 12.0 Å². The van der Waals surface area contributed by atoms with Crippen molar-refractivity contribution >= 4 is 5.91 Å². The summed E-state index contributed by atoms with van der Waals surface area (Å²) in [7, 11) is 1.78. The zero-order chi connectivity index (χ0) is 11.4. The highest BCUT2D eigenvalue weighted by atomic mass is 16.5. The molecule has 0 bridgehead atoms. The molecule has 1 fully saturated rings. The van der Waals surface area contributed by atoms with Gasteiger partial charge in [-0.3, -0.25) is 4.79 Å². The monoisotopic (exact) mass is 223 g/mol. The van der Waals surface area contributed by atoms with Gasteiger partial charge in [-0.05, 0) is 31.4 Å². The maximum atomic E-state index is 11.9. The first-order valence-corrected chi connectivity index (χ1v) is 5.68. The van der Waals surface area contributed by atoms with Crippen LogP contribution in [0.2, 0.25) is 0 Å². The van der Waals surface area contributed by atoms with Crippen molar-refractivity contribution in [2.75, 3.05) is 20.2 Å². The summed E-state index contributed by atoms with van der Waals surface area (Å²) in [6.07, 6.45) is 5.05. The quantitative estimate of drug-likeness (QED) is 0.786. The Morgan fingerprint density at radius 1 is 1.56 bits per heavy atom. The number of likely N-dealkylation sites (N-methyl/N-ethyl adjacent to an activating group) is 1. The Morgan fingerprint density at radius 2 is 2.44 bits per heavy atom. The van der Waals surface area contributed by atoms with Gasteiger partial charge in [0.1, 0.15) is 0 Å². The number of nitrogens with zero attached hydrogens (tertiary/aromatic N) is 1. The van der Waals surface area contributed by atoms with Crippen LogP contribution in [0.3, 0.4) is 0 Å². The molecule has 2 heterocycles. The Bertz CT molecular complexity index is 328. The van der Waals surface area contributed by atoms with E-state index < -0.39 is 0 Å². The van der Waals surface area contributed by atoms with Crippen molar-refractivity contribution in [3.8, 4) is 0 Å². The van der Waals surface area contributed by atoms with Crippen molar-refractivity contribution in [1.82, 2.24) is 4.90 Å². The van der Waals surface area contributed by atoms with Gasteiger partial charge in [0, 0.05) is 20.2 Å². The molecule has 16 heavy (non-hydrogen) atoms. The average Bonchev–Trinajstić information content (AvgIpc) is 2.83. The van der Waals surface area contributed by atoms with Crippen LogP contribution in [-0.4, -0.2) is 37.1 Å². The Morgan fingerprint density at radius 3 is 3.06 bits per heavy atom. The molecule has 0 N–H and O–H groups in total. The molecule has 1 aliphatic rings. The zero-order valence-corrected chi connectivity index (χ0v) is 9.52. The Labute approximate surface area is 95.2 Å². The number of carbonyl (C=O) groups is 1. The van der Waals surface area contributed by atoms with Gasteiger partial charge in [-0.15, -0.1) is 0 Å². The van der Waals surface area contributed by atoms with Crippen molar-refractivity contribution in [1.29, 1.82) is 0 Å². The van der Waals surface area contributed by atoms with E-state index in [0.29, 0.717) is 12.3 Å². The van der Waals surface area contributed by atoms with Crippen molar-refractivity contribution in [3.63, 3.8) is 0 Å². The molecule has 1 aromatic rings. The first kappa shape index (κ1) is 11.2. The molecule has 0 radical (unpaired) electrons. The normalized spacial score (nSPS) is 20.7. The number of hydrogen-bond donors (Lipinski definition) is 0. The number of ether oxygens (including phenoxy) is 1. The lowest BCUT2D eigenvalue weighted by Gasteiger charge is -2.26. The summed E-state index contributed by atoms with van der Waals surface area (Å²) in [5.41, 5.74) is 0. The predicted octanol–water partition coefficient (Wildman–Crippen LogP) is 1.92. The minimum absolute atomic E-state index is 0.0841. The molecule has 1 amide bonds. The molecule has 1 saturated heterocycles. The maximum Gasteiger partial charge on any atom is 0.289 e. The van der Waals surface area contributed by atoms with Crippen LogP contribution in [-0.2, 0) is 4.74 Å². The van der Waals surface area contributed by atoms with Gasteiger partial charge in [0.05, 0.1) is 12.4 Å². The SMILES string of the molecule is CN(CC1CCCCO1)C(=O)c1ccco1. The van der Waals surface area contributed by atoms with Gasteiger partial charge < -0.3 is 14.1 Å². The molecule has 0 aromatic carbocycles. The molecule has 0 aliphatic carbocycles. The van der Waals surface area contributed by atoms with Gasteiger partial charge >= 0.3 is 0 Å². The summed E-state index contributed by atoms with van der Waals surface area (Å²) in [5, 5.41) is 0. The summed E-state index contributed by atoms with van der Waals surface area (Å²) in [4.78, 5) is 13.5. The van der Waals surface area contributed by atoms with E-state index in [9.17, 15) is 4.79 Å². The minimum atomic E-state index is -0.0841. The van der Waals surface area contributed by atoms with Crippen LogP contribution in [0.5, 0.6) is 0 Å². The van der Waals surface area contributed by atoms with Gasteiger partial charge in [0.15, 0.2) is 5.76 Å². The first-order valence-electron chi connectivity index (χ1n) is 5.68. The van der Waals surface area contributed by atoms with E-state index in [1.165, 1.54) is 12.7 Å².